The van der Waals surface area contributed by atoms with Crippen LogP contribution in [0, 0.1) is 5.82 Å². The fraction of sp³-hybridized carbons (Fsp3) is 0.200. The number of hydrogen-bond donors (Lipinski definition) is 3. The van der Waals surface area contributed by atoms with Crippen LogP contribution in [0.15, 0.2) is 18.2 Å². The van der Waals surface area contributed by atoms with E-state index in [1.54, 1.807) is 0 Å². The van der Waals surface area contributed by atoms with Crippen LogP contribution in [0.25, 0.3) is 0 Å². The molecule has 0 fully saturated rings. The van der Waals surface area contributed by atoms with Gasteiger partial charge in [0, 0.05) is 0 Å². The average molecular weight is 226 g/mol. The molecular weight excluding hydrogens is 215 g/mol. The van der Waals surface area contributed by atoms with Gasteiger partial charge in [-0.15, -0.1) is 0 Å². The summed E-state index contributed by atoms with van der Waals surface area (Å²) in [7, 11) is 0. The summed E-state index contributed by atoms with van der Waals surface area (Å²) in [6.45, 7) is 1.44. The standard InChI is InChI=1S/C10H11FN2O3/c1-5(12)9(14)13-8-4-6(10(15)16)2-3-7(8)11/h2-5H,12H2,1H3,(H,13,14)(H,15,16)/t5-/m1/s1. The predicted octanol–water partition coefficient (Wildman–Crippen LogP) is 0.810. The van der Waals surface area contributed by atoms with E-state index in [0.29, 0.717) is 0 Å². The first-order valence-corrected chi connectivity index (χ1v) is 4.51. The second kappa shape index (κ2) is 4.71. The van der Waals surface area contributed by atoms with Crippen LogP contribution in [0.3, 0.4) is 0 Å². The third-order valence-electron chi connectivity index (χ3n) is 1.88. The van der Waals surface area contributed by atoms with Gasteiger partial charge in [-0.05, 0) is 25.1 Å². The van der Waals surface area contributed by atoms with E-state index in [2.05, 4.69) is 5.32 Å². The molecule has 0 aliphatic carbocycles. The first-order chi connectivity index (χ1) is 7.41. The maximum Gasteiger partial charge on any atom is 0.335 e. The second-order valence-corrected chi connectivity index (χ2v) is 3.28. The van der Waals surface area contributed by atoms with Crippen molar-refractivity contribution in [3.05, 3.63) is 29.6 Å². The van der Waals surface area contributed by atoms with E-state index in [9.17, 15) is 14.0 Å². The summed E-state index contributed by atoms with van der Waals surface area (Å²) >= 11 is 0. The van der Waals surface area contributed by atoms with Crippen molar-refractivity contribution in [3.63, 3.8) is 0 Å². The van der Waals surface area contributed by atoms with Crippen molar-refractivity contribution >= 4 is 17.6 Å². The van der Waals surface area contributed by atoms with Crippen LogP contribution in [0.5, 0.6) is 0 Å². The van der Waals surface area contributed by atoms with Crippen LogP contribution in [0.2, 0.25) is 0 Å². The van der Waals surface area contributed by atoms with Gasteiger partial charge < -0.3 is 16.2 Å². The number of hydrogen-bond acceptors (Lipinski definition) is 3. The second-order valence-electron chi connectivity index (χ2n) is 3.28. The molecule has 0 spiro atoms. The summed E-state index contributed by atoms with van der Waals surface area (Å²) in [6, 6.07) is 2.32. The highest BCUT2D eigenvalue weighted by molar-refractivity contribution is 5.96. The fourth-order valence-corrected chi connectivity index (χ4v) is 1.00. The lowest BCUT2D eigenvalue weighted by Crippen LogP contribution is -2.32. The summed E-state index contributed by atoms with van der Waals surface area (Å²) in [5, 5.41) is 10.9. The van der Waals surface area contributed by atoms with Gasteiger partial charge in [0.1, 0.15) is 5.82 Å². The molecule has 1 rings (SSSR count). The largest absolute Gasteiger partial charge is 0.478 e. The predicted molar refractivity (Wildman–Crippen MR) is 55.6 cm³/mol. The molecule has 4 N–H and O–H groups in total. The number of nitrogens with two attached hydrogens (primary N) is 1. The van der Waals surface area contributed by atoms with Crippen LogP contribution in [-0.2, 0) is 4.79 Å². The maximum absolute atomic E-state index is 13.2. The number of benzene rings is 1. The summed E-state index contributed by atoms with van der Waals surface area (Å²) in [6.07, 6.45) is 0. The Morgan fingerprint density at radius 2 is 2.12 bits per heavy atom. The van der Waals surface area contributed by atoms with Crippen molar-refractivity contribution < 1.29 is 19.1 Å². The molecule has 5 nitrogen and oxygen atoms in total. The van der Waals surface area contributed by atoms with Crippen LogP contribution >= 0.6 is 0 Å². The van der Waals surface area contributed by atoms with Gasteiger partial charge in [0.15, 0.2) is 0 Å². The first-order valence-electron chi connectivity index (χ1n) is 4.51. The number of carbonyl (C=O) groups excluding carboxylic acids is 1. The number of rotatable bonds is 3. The Balaban J connectivity index is 2.99. The number of amides is 1. The van der Waals surface area contributed by atoms with Crippen molar-refractivity contribution in [2.75, 3.05) is 5.32 Å². The van der Waals surface area contributed by atoms with Gasteiger partial charge in [-0.25, -0.2) is 9.18 Å². The van der Waals surface area contributed by atoms with Crippen molar-refractivity contribution in [1.82, 2.24) is 0 Å². The van der Waals surface area contributed by atoms with Crippen molar-refractivity contribution in [3.8, 4) is 0 Å². The molecule has 1 aromatic rings. The molecule has 0 unspecified atom stereocenters. The van der Waals surface area contributed by atoms with Gasteiger partial charge in [0.25, 0.3) is 0 Å². The van der Waals surface area contributed by atoms with Crippen LogP contribution in [-0.4, -0.2) is 23.0 Å². The zero-order chi connectivity index (χ0) is 12.3. The smallest absolute Gasteiger partial charge is 0.335 e. The molecule has 16 heavy (non-hydrogen) atoms. The summed E-state index contributed by atoms with van der Waals surface area (Å²) in [4.78, 5) is 21.8. The van der Waals surface area contributed by atoms with E-state index in [4.69, 9.17) is 10.8 Å². The molecule has 0 bridgehead atoms. The Kier molecular flexibility index (Phi) is 3.57. The molecule has 0 aromatic heterocycles. The molecule has 0 heterocycles. The minimum Gasteiger partial charge on any atom is -0.478 e. The molecule has 1 amide bonds. The quantitative estimate of drug-likeness (QED) is 0.711. The third kappa shape index (κ3) is 2.77. The fourth-order valence-electron chi connectivity index (χ4n) is 1.00. The Morgan fingerprint density at radius 1 is 1.50 bits per heavy atom. The van der Waals surface area contributed by atoms with Crippen molar-refractivity contribution in [1.29, 1.82) is 0 Å². The van der Waals surface area contributed by atoms with Crippen LogP contribution < -0.4 is 11.1 Å². The number of aromatic carboxylic acids is 1. The van der Waals surface area contributed by atoms with Crippen LogP contribution in [0.1, 0.15) is 17.3 Å². The normalized spacial score (nSPS) is 11.9. The highest BCUT2D eigenvalue weighted by atomic mass is 19.1. The monoisotopic (exact) mass is 226 g/mol. The number of carboxylic acids is 1. The highest BCUT2D eigenvalue weighted by Crippen LogP contribution is 2.16. The van der Waals surface area contributed by atoms with Gasteiger partial charge in [0.05, 0.1) is 17.3 Å². The van der Waals surface area contributed by atoms with Gasteiger partial charge in [-0.2, -0.15) is 0 Å². The molecule has 6 heteroatoms. The first kappa shape index (κ1) is 12.1. The molecule has 0 radical (unpaired) electrons. The van der Waals surface area contributed by atoms with E-state index in [-0.39, 0.29) is 11.3 Å². The minimum atomic E-state index is -1.20. The van der Waals surface area contributed by atoms with E-state index >= 15 is 0 Å². The number of halogens is 1. The molecule has 0 saturated carbocycles. The van der Waals surface area contributed by atoms with Gasteiger partial charge in [-0.1, -0.05) is 0 Å². The SMILES string of the molecule is C[C@@H](N)C(=O)Nc1cc(C(=O)O)ccc1F. The Morgan fingerprint density at radius 3 is 2.62 bits per heavy atom. The van der Waals surface area contributed by atoms with E-state index in [1.807, 2.05) is 0 Å². The lowest BCUT2D eigenvalue weighted by atomic mass is 10.2. The highest BCUT2D eigenvalue weighted by Gasteiger charge is 2.13. The Bertz CT molecular complexity index is 432. The molecule has 86 valence electrons. The molecule has 1 atom stereocenters. The molecule has 1 aromatic carbocycles. The van der Waals surface area contributed by atoms with Crippen LogP contribution in [0.4, 0.5) is 10.1 Å². The van der Waals surface area contributed by atoms with E-state index in [0.717, 1.165) is 18.2 Å². The Hall–Kier alpha value is -1.95. The average Bonchev–Trinajstić information content (AvgIpc) is 2.20. The van der Waals surface area contributed by atoms with Gasteiger partial charge in [-0.3, -0.25) is 4.79 Å². The zero-order valence-electron chi connectivity index (χ0n) is 8.53. The summed E-state index contributed by atoms with van der Waals surface area (Å²) < 4.78 is 13.2. The number of carboxylic acid groups (broad SMARTS) is 1. The maximum atomic E-state index is 13.2. The van der Waals surface area contributed by atoms with Crippen molar-refractivity contribution in [2.45, 2.75) is 13.0 Å². The van der Waals surface area contributed by atoms with Gasteiger partial charge >= 0.3 is 5.97 Å². The summed E-state index contributed by atoms with van der Waals surface area (Å²) in [5.41, 5.74) is 4.98. The van der Waals surface area contributed by atoms with E-state index < -0.39 is 23.7 Å². The lowest BCUT2D eigenvalue weighted by Gasteiger charge is -2.09. The third-order valence-corrected chi connectivity index (χ3v) is 1.88. The van der Waals surface area contributed by atoms with Crippen molar-refractivity contribution in [2.24, 2.45) is 5.73 Å². The summed E-state index contributed by atoms with van der Waals surface area (Å²) in [5.74, 6) is -2.49. The molecule has 0 saturated heterocycles. The molecule has 0 aliphatic rings. The number of carbonyl (C=O) groups is 2. The van der Waals surface area contributed by atoms with E-state index in [1.165, 1.54) is 6.92 Å². The molecule has 0 aliphatic heterocycles. The topological polar surface area (TPSA) is 92.4 Å². The zero-order valence-corrected chi connectivity index (χ0v) is 8.53. The molecular formula is C10H11FN2O3. The number of anilines is 1. The number of nitrogens with one attached hydrogen (secondary N) is 1. The Labute approximate surface area is 91.1 Å². The van der Waals surface area contributed by atoms with Gasteiger partial charge in [0.2, 0.25) is 5.91 Å². The minimum absolute atomic E-state index is 0.110. The lowest BCUT2D eigenvalue weighted by molar-refractivity contribution is -0.117.